The number of nitrogens with one attached hydrogen (secondary N) is 1. The van der Waals surface area contributed by atoms with Crippen LogP contribution in [0.1, 0.15) is 26.2 Å². The van der Waals surface area contributed by atoms with Gasteiger partial charge in [-0.3, -0.25) is 4.79 Å². The molecule has 2 atom stereocenters. The molecule has 1 fully saturated rings. The lowest BCUT2D eigenvalue weighted by Crippen LogP contribution is -2.31. The largest absolute Gasteiger partial charge is 0.355 e. The van der Waals surface area contributed by atoms with Gasteiger partial charge in [0.15, 0.2) is 0 Å². The van der Waals surface area contributed by atoms with Gasteiger partial charge >= 0.3 is 0 Å². The minimum Gasteiger partial charge on any atom is -0.355 e. The van der Waals surface area contributed by atoms with E-state index in [1.807, 2.05) is 0 Å². The molecule has 1 amide bonds. The van der Waals surface area contributed by atoms with Crippen LogP contribution in [0.4, 0.5) is 0 Å². The Hall–Kier alpha value is -0.220. The number of nitrogens with two attached hydrogens (primary N) is 1. The molecule has 14 heavy (non-hydrogen) atoms. The van der Waals surface area contributed by atoms with E-state index in [-0.39, 0.29) is 11.2 Å². The van der Waals surface area contributed by atoms with Crippen molar-refractivity contribution in [3.05, 3.63) is 0 Å². The van der Waals surface area contributed by atoms with Gasteiger partial charge in [-0.2, -0.15) is 0 Å². The van der Waals surface area contributed by atoms with Crippen molar-refractivity contribution in [3.8, 4) is 0 Å². The fraction of sp³-hybridized carbons (Fsp3) is 0.900. The maximum Gasteiger partial charge on any atom is 0.233 e. The van der Waals surface area contributed by atoms with E-state index in [0.717, 1.165) is 31.6 Å². The zero-order chi connectivity index (χ0) is 10.4. The predicted octanol–water partition coefficient (Wildman–Crippen LogP) is 0.983. The SMILES string of the molecule is CC(CN)CSC1CCCCNC1=O. The normalized spacial score (nSPS) is 25.3. The van der Waals surface area contributed by atoms with Crippen molar-refractivity contribution in [1.29, 1.82) is 0 Å². The molecule has 1 aliphatic rings. The summed E-state index contributed by atoms with van der Waals surface area (Å²) in [5.74, 6) is 1.72. The quantitative estimate of drug-likeness (QED) is 0.736. The fourth-order valence-corrected chi connectivity index (χ4v) is 2.68. The van der Waals surface area contributed by atoms with Gasteiger partial charge in [0.2, 0.25) is 5.91 Å². The Bertz CT molecular complexity index is 187. The first kappa shape index (κ1) is 11.9. The van der Waals surface area contributed by atoms with Crippen molar-refractivity contribution >= 4 is 17.7 Å². The van der Waals surface area contributed by atoms with Gasteiger partial charge in [-0.25, -0.2) is 0 Å². The molecule has 4 heteroatoms. The number of carbonyl (C=O) groups excluding carboxylic acids is 1. The molecule has 82 valence electrons. The van der Waals surface area contributed by atoms with E-state index >= 15 is 0 Å². The number of thioether (sulfide) groups is 1. The van der Waals surface area contributed by atoms with Crippen molar-refractivity contribution in [2.24, 2.45) is 11.7 Å². The summed E-state index contributed by atoms with van der Waals surface area (Å²) < 4.78 is 0. The number of carbonyl (C=O) groups is 1. The van der Waals surface area contributed by atoms with Crippen molar-refractivity contribution in [2.75, 3.05) is 18.8 Å². The molecule has 3 N–H and O–H groups in total. The van der Waals surface area contributed by atoms with Gasteiger partial charge in [-0.1, -0.05) is 13.3 Å². The van der Waals surface area contributed by atoms with Crippen LogP contribution in [0.2, 0.25) is 0 Å². The van der Waals surface area contributed by atoms with Crippen LogP contribution in [0.3, 0.4) is 0 Å². The van der Waals surface area contributed by atoms with E-state index in [1.165, 1.54) is 0 Å². The molecule has 3 nitrogen and oxygen atoms in total. The summed E-state index contributed by atoms with van der Waals surface area (Å²) >= 11 is 1.76. The summed E-state index contributed by atoms with van der Waals surface area (Å²) in [7, 11) is 0. The number of hydrogen-bond donors (Lipinski definition) is 2. The van der Waals surface area contributed by atoms with Crippen LogP contribution in [-0.2, 0) is 4.79 Å². The molecule has 1 rings (SSSR count). The maximum absolute atomic E-state index is 11.6. The Morgan fingerprint density at radius 1 is 1.64 bits per heavy atom. The van der Waals surface area contributed by atoms with Gasteiger partial charge in [-0.05, 0) is 31.1 Å². The van der Waals surface area contributed by atoms with Gasteiger partial charge in [0.05, 0.1) is 5.25 Å². The molecule has 0 saturated carbocycles. The lowest BCUT2D eigenvalue weighted by Gasteiger charge is -2.14. The van der Waals surface area contributed by atoms with Crippen molar-refractivity contribution in [1.82, 2.24) is 5.32 Å². The summed E-state index contributed by atoms with van der Waals surface area (Å²) in [4.78, 5) is 11.6. The standard InChI is InChI=1S/C10H20N2OS/c1-8(6-11)7-14-9-4-2-3-5-12-10(9)13/h8-9H,2-7,11H2,1H3,(H,12,13). The van der Waals surface area contributed by atoms with E-state index in [0.29, 0.717) is 12.5 Å². The van der Waals surface area contributed by atoms with E-state index in [2.05, 4.69) is 12.2 Å². The molecule has 0 aromatic carbocycles. The van der Waals surface area contributed by atoms with Crippen molar-refractivity contribution in [3.63, 3.8) is 0 Å². The van der Waals surface area contributed by atoms with Crippen LogP contribution >= 0.6 is 11.8 Å². The third-order valence-corrected chi connectivity index (χ3v) is 4.08. The summed E-state index contributed by atoms with van der Waals surface area (Å²) in [6.45, 7) is 3.69. The smallest absolute Gasteiger partial charge is 0.233 e. The van der Waals surface area contributed by atoms with Gasteiger partial charge in [0.25, 0.3) is 0 Å². The average Bonchev–Trinajstić information content (AvgIpc) is 2.39. The summed E-state index contributed by atoms with van der Waals surface area (Å²) in [5.41, 5.74) is 5.54. The molecule has 0 aliphatic carbocycles. The second-order valence-electron chi connectivity index (χ2n) is 3.95. The average molecular weight is 216 g/mol. The Kier molecular flexibility index (Phi) is 5.33. The Morgan fingerprint density at radius 2 is 2.43 bits per heavy atom. The van der Waals surface area contributed by atoms with Gasteiger partial charge < -0.3 is 11.1 Å². The van der Waals surface area contributed by atoms with E-state index in [4.69, 9.17) is 5.73 Å². The first-order valence-electron chi connectivity index (χ1n) is 5.33. The van der Waals surface area contributed by atoms with Crippen molar-refractivity contribution in [2.45, 2.75) is 31.4 Å². The highest BCUT2D eigenvalue weighted by Gasteiger charge is 2.21. The minimum absolute atomic E-state index is 0.159. The molecular formula is C10H20N2OS. The van der Waals surface area contributed by atoms with E-state index in [1.54, 1.807) is 11.8 Å². The monoisotopic (exact) mass is 216 g/mol. The van der Waals surface area contributed by atoms with Crippen LogP contribution < -0.4 is 11.1 Å². The number of hydrogen-bond acceptors (Lipinski definition) is 3. The molecule has 0 radical (unpaired) electrons. The van der Waals surface area contributed by atoms with Gasteiger partial charge in [0.1, 0.15) is 0 Å². The summed E-state index contributed by atoms with van der Waals surface area (Å²) in [5, 5.41) is 3.10. The third-order valence-electron chi connectivity index (χ3n) is 2.47. The number of amides is 1. The molecule has 1 aliphatic heterocycles. The molecule has 0 aromatic rings. The Labute approximate surface area is 90.2 Å². The Balaban J connectivity index is 2.29. The highest BCUT2D eigenvalue weighted by molar-refractivity contribution is 8.00. The molecule has 0 aromatic heterocycles. The van der Waals surface area contributed by atoms with E-state index < -0.39 is 0 Å². The van der Waals surface area contributed by atoms with Crippen LogP contribution in [0, 0.1) is 5.92 Å². The molecular weight excluding hydrogens is 196 g/mol. The summed E-state index contributed by atoms with van der Waals surface area (Å²) in [6, 6.07) is 0. The summed E-state index contributed by atoms with van der Waals surface area (Å²) in [6.07, 6.45) is 3.30. The maximum atomic E-state index is 11.6. The predicted molar refractivity (Wildman–Crippen MR) is 61.3 cm³/mol. The first-order valence-corrected chi connectivity index (χ1v) is 6.38. The van der Waals surface area contributed by atoms with Gasteiger partial charge in [-0.15, -0.1) is 11.8 Å². The molecule has 0 bridgehead atoms. The third kappa shape index (κ3) is 3.88. The zero-order valence-corrected chi connectivity index (χ0v) is 9.61. The Morgan fingerprint density at radius 3 is 3.14 bits per heavy atom. The van der Waals surface area contributed by atoms with Crippen LogP contribution in [0.5, 0.6) is 0 Å². The van der Waals surface area contributed by atoms with Crippen LogP contribution in [0.15, 0.2) is 0 Å². The molecule has 1 heterocycles. The van der Waals surface area contributed by atoms with Gasteiger partial charge in [0, 0.05) is 6.54 Å². The molecule has 1 saturated heterocycles. The van der Waals surface area contributed by atoms with E-state index in [9.17, 15) is 4.79 Å². The van der Waals surface area contributed by atoms with Crippen molar-refractivity contribution < 1.29 is 4.79 Å². The topological polar surface area (TPSA) is 55.1 Å². The number of rotatable bonds is 4. The minimum atomic E-state index is 0.159. The fourth-order valence-electron chi connectivity index (χ4n) is 1.42. The van der Waals surface area contributed by atoms with Crippen LogP contribution in [0.25, 0.3) is 0 Å². The molecule has 2 unspecified atom stereocenters. The highest BCUT2D eigenvalue weighted by Crippen LogP contribution is 2.21. The first-order chi connectivity index (χ1) is 6.74. The lowest BCUT2D eigenvalue weighted by molar-refractivity contribution is -0.120. The molecule has 0 spiro atoms. The highest BCUT2D eigenvalue weighted by atomic mass is 32.2. The second-order valence-corrected chi connectivity index (χ2v) is 5.19. The zero-order valence-electron chi connectivity index (χ0n) is 8.79. The lowest BCUT2D eigenvalue weighted by atomic mass is 10.2. The second kappa shape index (κ2) is 6.30. The van der Waals surface area contributed by atoms with Crippen LogP contribution in [-0.4, -0.2) is 30.0 Å².